The predicted octanol–water partition coefficient (Wildman–Crippen LogP) is 0.383. The largest absolute Gasteiger partial charge is 0.388 e. The first-order valence-corrected chi connectivity index (χ1v) is 6.60. The average molecular weight is 278 g/mol. The fraction of sp³-hybridized carbons (Fsp3) is 1.00. The summed E-state index contributed by atoms with van der Waals surface area (Å²) in [7, 11) is 0. The zero-order valence-electron chi connectivity index (χ0n) is 12.3. The highest BCUT2D eigenvalue weighted by atomic mass is 16.7. The van der Waals surface area contributed by atoms with Crippen molar-refractivity contribution in [1.82, 2.24) is 0 Å². The molecule has 0 spiro atoms. The van der Waals surface area contributed by atoms with Crippen molar-refractivity contribution in [2.45, 2.75) is 77.0 Å². The quantitative estimate of drug-likeness (QED) is 0.630. The lowest BCUT2D eigenvalue weighted by molar-refractivity contribution is -0.301. The SMILES string of the molecule is CC(OC(C)(C)O)C(O)C(O)C1CCOC(C)(C)O1. The Morgan fingerprint density at radius 3 is 2.37 bits per heavy atom. The van der Waals surface area contributed by atoms with Crippen LogP contribution in [0.1, 0.15) is 41.0 Å². The molecule has 1 aliphatic rings. The predicted molar refractivity (Wildman–Crippen MR) is 68.4 cm³/mol. The molecule has 0 amide bonds. The molecule has 0 aromatic carbocycles. The maximum Gasteiger partial charge on any atom is 0.163 e. The minimum absolute atomic E-state index is 0.460. The van der Waals surface area contributed by atoms with Crippen LogP contribution >= 0.6 is 0 Å². The molecule has 1 heterocycles. The molecule has 6 nitrogen and oxygen atoms in total. The maximum atomic E-state index is 10.1. The molecule has 19 heavy (non-hydrogen) atoms. The first kappa shape index (κ1) is 16.8. The van der Waals surface area contributed by atoms with Crippen LogP contribution in [0.25, 0.3) is 0 Å². The van der Waals surface area contributed by atoms with E-state index in [-0.39, 0.29) is 0 Å². The topological polar surface area (TPSA) is 88.4 Å². The molecule has 0 bridgehead atoms. The normalized spacial score (nSPS) is 28.7. The number of aliphatic hydroxyl groups excluding tert-OH is 2. The second-order valence-electron chi connectivity index (χ2n) is 5.94. The zero-order valence-corrected chi connectivity index (χ0v) is 12.3. The Morgan fingerprint density at radius 2 is 1.89 bits per heavy atom. The minimum atomic E-state index is -1.37. The van der Waals surface area contributed by atoms with E-state index in [0.717, 1.165) is 0 Å². The number of ether oxygens (including phenoxy) is 3. The van der Waals surface area contributed by atoms with Gasteiger partial charge in [0.1, 0.15) is 12.2 Å². The average Bonchev–Trinajstić information content (AvgIpc) is 2.23. The Bertz CT molecular complexity index is 285. The van der Waals surface area contributed by atoms with Gasteiger partial charge in [0.05, 0.1) is 18.8 Å². The highest BCUT2D eigenvalue weighted by molar-refractivity contribution is 4.84. The summed E-state index contributed by atoms with van der Waals surface area (Å²) in [5.41, 5.74) is 0. The van der Waals surface area contributed by atoms with Gasteiger partial charge in [-0.2, -0.15) is 0 Å². The molecule has 0 aromatic rings. The maximum absolute atomic E-state index is 10.1. The van der Waals surface area contributed by atoms with E-state index in [4.69, 9.17) is 14.2 Å². The van der Waals surface area contributed by atoms with E-state index in [1.165, 1.54) is 13.8 Å². The van der Waals surface area contributed by atoms with Gasteiger partial charge in [0.2, 0.25) is 0 Å². The van der Waals surface area contributed by atoms with Crippen molar-refractivity contribution >= 4 is 0 Å². The Balaban J connectivity index is 2.58. The summed E-state index contributed by atoms with van der Waals surface area (Å²) in [6, 6.07) is 0. The van der Waals surface area contributed by atoms with Gasteiger partial charge in [-0.05, 0) is 41.0 Å². The van der Waals surface area contributed by atoms with Crippen LogP contribution in [-0.2, 0) is 14.2 Å². The van der Waals surface area contributed by atoms with Crippen LogP contribution in [0.4, 0.5) is 0 Å². The van der Waals surface area contributed by atoms with Gasteiger partial charge < -0.3 is 29.5 Å². The second-order valence-corrected chi connectivity index (χ2v) is 5.94. The highest BCUT2D eigenvalue weighted by Crippen LogP contribution is 2.26. The van der Waals surface area contributed by atoms with Crippen LogP contribution in [0.3, 0.4) is 0 Å². The van der Waals surface area contributed by atoms with Gasteiger partial charge in [-0.25, -0.2) is 0 Å². The lowest BCUT2D eigenvalue weighted by Crippen LogP contribution is -2.52. The van der Waals surface area contributed by atoms with Crippen LogP contribution in [0.2, 0.25) is 0 Å². The second kappa shape index (κ2) is 6.03. The summed E-state index contributed by atoms with van der Waals surface area (Å²) in [5.74, 6) is -2.14. The summed E-state index contributed by atoms with van der Waals surface area (Å²) >= 11 is 0. The third kappa shape index (κ3) is 5.33. The molecule has 1 saturated heterocycles. The van der Waals surface area contributed by atoms with Crippen molar-refractivity contribution in [2.24, 2.45) is 0 Å². The molecule has 0 radical (unpaired) electrons. The summed E-state index contributed by atoms with van der Waals surface area (Å²) < 4.78 is 16.2. The third-order valence-corrected chi connectivity index (χ3v) is 2.97. The zero-order chi connectivity index (χ0) is 14.8. The van der Waals surface area contributed by atoms with Gasteiger partial charge in [-0.3, -0.25) is 0 Å². The Hall–Kier alpha value is -0.240. The van der Waals surface area contributed by atoms with Crippen LogP contribution in [0.5, 0.6) is 0 Å². The molecule has 4 atom stereocenters. The number of hydrogen-bond acceptors (Lipinski definition) is 6. The Morgan fingerprint density at radius 1 is 1.32 bits per heavy atom. The molecule has 1 rings (SSSR count). The van der Waals surface area contributed by atoms with Crippen molar-refractivity contribution in [3.8, 4) is 0 Å². The van der Waals surface area contributed by atoms with Gasteiger partial charge >= 0.3 is 0 Å². The van der Waals surface area contributed by atoms with Crippen LogP contribution in [-0.4, -0.2) is 57.9 Å². The molecule has 0 saturated carbocycles. The van der Waals surface area contributed by atoms with Crippen molar-refractivity contribution in [3.05, 3.63) is 0 Å². The van der Waals surface area contributed by atoms with E-state index in [1.807, 2.05) is 0 Å². The third-order valence-electron chi connectivity index (χ3n) is 2.97. The smallest absolute Gasteiger partial charge is 0.163 e. The first-order chi connectivity index (χ1) is 8.52. The van der Waals surface area contributed by atoms with E-state index < -0.39 is 36.0 Å². The summed E-state index contributed by atoms with van der Waals surface area (Å²) in [6.45, 7) is 8.51. The Labute approximate surface area is 114 Å². The molecule has 114 valence electrons. The fourth-order valence-electron chi connectivity index (χ4n) is 2.14. The van der Waals surface area contributed by atoms with E-state index in [9.17, 15) is 15.3 Å². The Kier molecular flexibility index (Phi) is 5.34. The van der Waals surface area contributed by atoms with E-state index >= 15 is 0 Å². The van der Waals surface area contributed by atoms with Gasteiger partial charge in [0.25, 0.3) is 0 Å². The van der Waals surface area contributed by atoms with Gasteiger partial charge in [0, 0.05) is 0 Å². The van der Waals surface area contributed by atoms with Crippen LogP contribution < -0.4 is 0 Å². The lowest BCUT2D eigenvalue weighted by atomic mass is 10.0. The standard InChI is InChI=1S/C13H26O6/c1-8(18-12(2,3)16)10(14)11(15)9-6-7-17-13(4,5)19-9/h8-11,14-16H,6-7H2,1-5H3. The molecule has 1 fully saturated rings. The molecule has 4 unspecified atom stereocenters. The summed E-state index contributed by atoms with van der Waals surface area (Å²) in [5, 5.41) is 29.8. The minimum Gasteiger partial charge on any atom is -0.388 e. The van der Waals surface area contributed by atoms with E-state index in [2.05, 4.69) is 0 Å². The van der Waals surface area contributed by atoms with Crippen molar-refractivity contribution in [1.29, 1.82) is 0 Å². The van der Waals surface area contributed by atoms with Gasteiger partial charge in [0.15, 0.2) is 11.6 Å². The molecular weight excluding hydrogens is 252 g/mol. The summed E-state index contributed by atoms with van der Waals surface area (Å²) in [6.07, 6.45) is -2.99. The van der Waals surface area contributed by atoms with Crippen LogP contribution in [0, 0.1) is 0 Å². The first-order valence-electron chi connectivity index (χ1n) is 6.60. The molecule has 6 heteroatoms. The van der Waals surface area contributed by atoms with E-state index in [1.54, 1.807) is 20.8 Å². The fourth-order valence-corrected chi connectivity index (χ4v) is 2.14. The van der Waals surface area contributed by atoms with E-state index in [0.29, 0.717) is 13.0 Å². The number of rotatable bonds is 5. The van der Waals surface area contributed by atoms with Crippen molar-refractivity contribution in [3.63, 3.8) is 0 Å². The van der Waals surface area contributed by atoms with Crippen molar-refractivity contribution in [2.75, 3.05) is 6.61 Å². The lowest BCUT2D eigenvalue weighted by Gasteiger charge is -2.40. The monoisotopic (exact) mass is 278 g/mol. The molecular formula is C13H26O6. The molecule has 0 aromatic heterocycles. The van der Waals surface area contributed by atoms with Crippen LogP contribution in [0.15, 0.2) is 0 Å². The molecule has 1 aliphatic heterocycles. The van der Waals surface area contributed by atoms with Gasteiger partial charge in [-0.1, -0.05) is 0 Å². The van der Waals surface area contributed by atoms with Gasteiger partial charge in [-0.15, -0.1) is 0 Å². The number of hydrogen-bond donors (Lipinski definition) is 3. The number of aliphatic hydroxyl groups is 3. The van der Waals surface area contributed by atoms with Crippen molar-refractivity contribution < 1.29 is 29.5 Å². The molecule has 0 aliphatic carbocycles. The summed E-state index contributed by atoms with van der Waals surface area (Å²) in [4.78, 5) is 0. The highest BCUT2D eigenvalue weighted by Gasteiger charge is 2.39. The molecule has 3 N–H and O–H groups in total.